The summed E-state index contributed by atoms with van der Waals surface area (Å²) in [4.78, 5) is 12.4. The second kappa shape index (κ2) is 8.87. The monoisotopic (exact) mass is 415 g/mol. The predicted octanol–water partition coefficient (Wildman–Crippen LogP) is 3.05. The number of benzene rings is 2. The summed E-state index contributed by atoms with van der Waals surface area (Å²) in [6, 6.07) is 10.2. The Hall–Kier alpha value is -2.88. The lowest BCUT2D eigenvalue weighted by Gasteiger charge is -2.19. The number of nitrogens with zero attached hydrogens (tertiary/aromatic N) is 1. The van der Waals surface area contributed by atoms with Crippen molar-refractivity contribution in [3.05, 3.63) is 53.6 Å². The van der Waals surface area contributed by atoms with E-state index in [1.165, 1.54) is 44.5 Å². The van der Waals surface area contributed by atoms with Crippen LogP contribution in [0, 0.1) is 0 Å². The molecule has 2 aromatic carbocycles. The molecule has 0 N–H and O–H groups in total. The minimum atomic E-state index is -3.57. The number of methoxy groups -OCH3 is 1. The van der Waals surface area contributed by atoms with Crippen LogP contribution >= 0.6 is 0 Å². The molecular formula is C18H19F2NO6S. The Morgan fingerprint density at radius 2 is 1.82 bits per heavy atom. The molecule has 0 saturated carbocycles. The number of esters is 1. The van der Waals surface area contributed by atoms with Crippen LogP contribution in [-0.4, -0.2) is 41.4 Å². The van der Waals surface area contributed by atoms with Crippen molar-refractivity contribution in [2.75, 3.05) is 24.7 Å². The largest absolute Gasteiger partial charge is 0.493 e. The number of anilines is 1. The first-order valence-corrected chi connectivity index (χ1v) is 9.80. The highest BCUT2D eigenvalue weighted by Crippen LogP contribution is 2.30. The van der Waals surface area contributed by atoms with E-state index in [2.05, 4.69) is 4.74 Å². The summed E-state index contributed by atoms with van der Waals surface area (Å²) in [5.41, 5.74) is 0.717. The van der Waals surface area contributed by atoms with Crippen LogP contribution in [0.1, 0.15) is 15.9 Å². The maximum absolute atomic E-state index is 12.4. The van der Waals surface area contributed by atoms with Crippen LogP contribution in [0.25, 0.3) is 0 Å². The van der Waals surface area contributed by atoms with Crippen molar-refractivity contribution in [2.45, 2.75) is 13.2 Å². The van der Waals surface area contributed by atoms with Crippen molar-refractivity contribution >= 4 is 21.7 Å². The number of rotatable bonds is 8. The Balaban J connectivity index is 2.17. The minimum Gasteiger partial charge on any atom is -0.493 e. The molecule has 2 rings (SSSR count). The Labute approximate surface area is 161 Å². The van der Waals surface area contributed by atoms with E-state index < -0.39 is 22.6 Å². The van der Waals surface area contributed by atoms with Gasteiger partial charge >= 0.3 is 12.6 Å². The fraction of sp³-hybridized carbons (Fsp3) is 0.278. The molecule has 0 atom stereocenters. The van der Waals surface area contributed by atoms with Gasteiger partial charge in [-0.25, -0.2) is 13.2 Å². The summed E-state index contributed by atoms with van der Waals surface area (Å²) in [6.07, 6.45) is 1.02. The molecule has 2 aromatic rings. The molecule has 0 aliphatic carbocycles. The number of carbonyl (C=O) groups is 1. The Kier molecular flexibility index (Phi) is 6.79. The van der Waals surface area contributed by atoms with Gasteiger partial charge in [0.15, 0.2) is 11.5 Å². The molecule has 0 aromatic heterocycles. The Bertz CT molecular complexity index is 949. The molecule has 0 saturated heterocycles. The van der Waals surface area contributed by atoms with Crippen molar-refractivity contribution in [1.29, 1.82) is 0 Å². The van der Waals surface area contributed by atoms with Gasteiger partial charge in [0.1, 0.15) is 6.61 Å². The number of alkyl halides is 2. The zero-order valence-electron chi connectivity index (χ0n) is 15.4. The molecule has 0 aliphatic heterocycles. The van der Waals surface area contributed by atoms with Gasteiger partial charge in [-0.15, -0.1) is 0 Å². The van der Waals surface area contributed by atoms with Gasteiger partial charge in [0.2, 0.25) is 10.0 Å². The molecule has 0 heterocycles. The quantitative estimate of drug-likeness (QED) is 0.617. The van der Waals surface area contributed by atoms with Crippen molar-refractivity contribution in [1.82, 2.24) is 0 Å². The minimum absolute atomic E-state index is 0.0612. The number of sulfonamides is 1. The number of hydrogen-bond acceptors (Lipinski definition) is 6. The van der Waals surface area contributed by atoms with E-state index in [-0.39, 0.29) is 29.4 Å². The molecule has 0 aliphatic rings. The van der Waals surface area contributed by atoms with Crippen molar-refractivity contribution in [3.63, 3.8) is 0 Å². The van der Waals surface area contributed by atoms with Crippen LogP contribution in [0.15, 0.2) is 42.5 Å². The summed E-state index contributed by atoms with van der Waals surface area (Å²) in [7, 11) is -0.949. The average molecular weight is 415 g/mol. The Morgan fingerprint density at radius 1 is 1.14 bits per heavy atom. The normalized spacial score (nSPS) is 11.2. The highest BCUT2D eigenvalue weighted by molar-refractivity contribution is 7.92. The SMILES string of the molecule is COc1cc(COC(=O)c2ccccc2N(C)S(C)(=O)=O)ccc1OC(F)F. The van der Waals surface area contributed by atoms with Gasteiger partial charge < -0.3 is 14.2 Å². The summed E-state index contributed by atoms with van der Waals surface area (Å²) >= 11 is 0. The molecule has 7 nitrogen and oxygen atoms in total. The number of ether oxygens (including phenoxy) is 3. The van der Waals surface area contributed by atoms with Gasteiger partial charge in [-0.05, 0) is 29.8 Å². The van der Waals surface area contributed by atoms with E-state index in [1.807, 2.05) is 0 Å². The van der Waals surface area contributed by atoms with Gasteiger partial charge in [0.25, 0.3) is 0 Å². The zero-order chi connectivity index (χ0) is 20.9. The first-order chi connectivity index (χ1) is 13.1. The summed E-state index contributed by atoms with van der Waals surface area (Å²) < 4.78 is 63.8. The maximum atomic E-state index is 12.4. The number of carbonyl (C=O) groups excluding carboxylic acids is 1. The Morgan fingerprint density at radius 3 is 2.43 bits per heavy atom. The third kappa shape index (κ3) is 5.32. The highest BCUT2D eigenvalue weighted by atomic mass is 32.2. The first kappa shape index (κ1) is 21.4. The standard InChI is InChI=1S/C18H19F2NO6S/c1-21(28(3,23)24)14-7-5-4-6-13(14)17(22)26-11-12-8-9-15(27-18(19)20)16(10-12)25-2/h4-10,18H,11H2,1-3H3. The second-order valence-corrected chi connectivity index (χ2v) is 7.70. The van der Waals surface area contributed by atoms with Crippen LogP contribution < -0.4 is 13.8 Å². The molecule has 152 valence electrons. The highest BCUT2D eigenvalue weighted by Gasteiger charge is 2.20. The van der Waals surface area contributed by atoms with E-state index in [0.717, 1.165) is 10.6 Å². The molecule has 0 bridgehead atoms. The first-order valence-electron chi connectivity index (χ1n) is 7.95. The van der Waals surface area contributed by atoms with Gasteiger partial charge in [-0.3, -0.25) is 4.31 Å². The molecule has 0 unspecified atom stereocenters. The van der Waals surface area contributed by atoms with Crippen LogP contribution in [0.5, 0.6) is 11.5 Å². The van der Waals surface area contributed by atoms with Crippen molar-refractivity contribution in [3.8, 4) is 11.5 Å². The summed E-state index contributed by atoms with van der Waals surface area (Å²) in [6.45, 7) is -3.18. The van der Waals surface area contributed by atoms with Gasteiger partial charge in [0.05, 0.1) is 24.6 Å². The second-order valence-electron chi connectivity index (χ2n) is 5.69. The molecule has 0 spiro atoms. The van der Waals surface area contributed by atoms with Gasteiger partial charge in [0, 0.05) is 7.05 Å². The van der Waals surface area contributed by atoms with Crippen LogP contribution in [0.4, 0.5) is 14.5 Å². The smallest absolute Gasteiger partial charge is 0.387 e. The van der Waals surface area contributed by atoms with Crippen LogP contribution in [0.2, 0.25) is 0 Å². The molecule has 28 heavy (non-hydrogen) atoms. The molecular weight excluding hydrogens is 396 g/mol. The van der Waals surface area contributed by atoms with E-state index in [1.54, 1.807) is 12.1 Å². The lowest BCUT2D eigenvalue weighted by Crippen LogP contribution is -2.26. The number of para-hydroxylation sites is 1. The lowest BCUT2D eigenvalue weighted by atomic mass is 10.2. The van der Waals surface area contributed by atoms with Crippen molar-refractivity contribution < 1.29 is 36.2 Å². The van der Waals surface area contributed by atoms with E-state index >= 15 is 0 Å². The van der Waals surface area contributed by atoms with E-state index in [4.69, 9.17) is 9.47 Å². The van der Waals surface area contributed by atoms with E-state index in [9.17, 15) is 22.0 Å². The topological polar surface area (TPSA) is 82.1 Å². The van der Waals surface area contributed by atoms with E-state index in [0.29, 0.717) is 5.56 Å². The van der Waals surface area contributed by atoms with Gasteiger partial charge in [-0.1, -0.05) is 18.2 Å². The molecule has 0 radical (unpaired) electrons. The number of halogens is 2. The van der Waals surface area contributed by atoms with Crippen LogP contribution in [0.3, 0.4) is 0 Å². The lowest BCUT2D eigenvalue weighted by molar-refractivity contribution is -0.0512. The fourth-order valence-electron chi connectivity index (χ4n) is 2.32. The molecule has 0 fully saturated rings. The van der Waals surface area contributed by atoms with Crippen LogP contribution in [-0.2, 0) is 21.4 Å². The molecule has 0 amide bonds. The number of hydrogen-bond donors (Lipinski definition) is 0. The fourth-order valence-corrected chi connectivity index (χ4v) is 2.84. The maximum Gasteiger partial charge on any atom is 0.387 e. The average Bonchev–Trinajstić information content (AvgIpc) is 2.65. The predicted molar refractivity (Wildman–Crippen MR) is 98.4 cm³/mol. The zero-order valence-corrected chi connectivity index (χ0v) is 16.2. The third-order valence-corrected chi connectivity index (χ3v) is 4.97. The van der Waals surface area contributed by atoms with Crippen molar-refractivity contribution in [2.24, 2.45) is 0 Å². The third-order valence-electron chi connectivity index (χ3n) is 3.77. The van der Waals surface area contributed by atoms with Gasteiger partial charge in [-0.2, -0.15) is 8.78 Å². The molecule has 10 heteroatoms. The summed E-state index contributed by atoms with van der Waals surface area (Å²) in [5.74, 6) is -0.822. The summed E-state index contributed by atoms with van der Waals surface area (Å²) in [5, 5.41) is 0.